The lowest BCUT2D eigenvalue weighted by Gasteiger charge is -2.10. The van der Waals surface area contributed by atoms with Crippen LogP contribution in [0.5, 0.6) is 0 Å². The fourth-order valence-electron chi connectivity index (χ4n) is 3.10. The minimum absolute atomic E-state index is 0.0989. The Bertz CT molecular complexity index is 1210. The van der Waals surface area contributed by atoms with Gasteiger partial charge in [0.2, 0.25) is 5.78 Å². The normalized spacial score (nSPS) is 10.9. The predicted molar refractivity (Wildman–Crippen MR) is 116 cm³/mol. The summed E-state index contributed by atoms with van der Waals surface area (Å²) in [4.78, 5) is 29.9. The summed E-state index contributed by atoms with van der Waals surface area (Å²) in [6.07, 6.45) is 1.82. The fourth-order valence-corrected chi connectivity index (χ4v) is 3.77. The number of nitrogens with zero attached hydrogens (tertiary/aromatic N) is 3. The Labute approximate surface area is 177 Å². The van der Waals surface area contributed by atoms with Gasteiger partial charge in [-0.15, -0.1) is 11.3 Å². The van der Waals surface area contributed by atoms with Crippen LogP contribution in [0.25, 0.3) is 16.9 Å². The second kappa shape index (κ2) is 8.46. The molecule has 152 valence electrons. The van der Waals surface area contributed by atoms with E-state index < -0.39 is 6.09 Å². The number of hydrogen-bond donors (Lipinski definition) is 1. The van der Waals surface area contributed by atoms with Crippen molar-refractivity contribution >= 4 is 34.5 Å². The molecule has 1 aromatic carbocycles. The third kappa shape index (κ3) is 3.95. The second-order valence-corrected chi connectivity index (χ2v) is 7.67. The molecule has 0 aliphatic carbocycles. The molecule has 30 heavy (non-hydrogen) atoms. The number of fused-ring (bicyclic) bond motifs is 1. The molecule has 0 spiro atoms. The maximum absolute atomic E-state index is 12.9. The highest BCUT2D eigenvalue weighted by atomic mass is 32.1. The summed E-state index contributed by atoms with van der Waals surface area (Å²) >= 11 is 1.39. The number of carbonyl (C=O) groups excluding carboxylic acids is 2. The van der Waals surface area contributed by atoms with Crippen LogP contribution in [0, 0.1) is 6.92 Å². The van der Waals surface area contributed by atoms with Gasteiger partial charge in [-0.3, -0.25) is 10.1 Å². The molecular weight excluding hydrogens is 400 g/mol. The van der Waals surface area contributed by atoms with Crippen LogP contribution >= 0.6 is 11.3 Å². The third-order valence-corrected chi connectivity index (χ3v) is 5.30. The second-order valence-electron chi connectivity index (χ2n) is 6.72. The number of ketones is 1. The first kappa shape index (κ1) is 19.8. The number of benzene rings is 1. The zero-order valence-electron chi connectivity index (χ0n) is 16.6. The van der Waals surface area contributed by atoms with Gasteiger partial charge in [0.15, 0.2) is 5.65 Å². The summed E-state index contributed by atoms with van der Waals surface area (Å²) in [7, 11) is 0. The third-order valence-electron chi connectivity index (χ3n) is 4.43. The van der Waals surface area contributed by atoms with Gasteiger partial charge in [-0.05, 0) is 43.0 Å². The molecule has 7 nitrogen and oxygen atoms in total. The van der Waals surface area contributed by atoms with Crippen LogP contribution in [0.1, 0.15) is 34.3 Å². The van der Waals surface area contributed by atoms with Crippen molar-refractivity contribution < 1.29 is 14.3 Å². The first-order valence-electron chi connectivity index (χ1n) is 9.54. The number of amides is 1. The van der Waals surface area contributed by atoms with E-state index in [-0.39, 0.29) is 5.78 Å². The Morgan fingerprint density at radius 1 is 1.20 bits per heavy atom. The molecule has 3 aromatic heterocycles. The molecule has 0 fully saturated rings. The minimum atomic E-state index is -0.493. The molecule has 8 heteroatoms. The van der Waals surface area contributed by atoms with Gasteiger partial charge in [-0.2, -0.15) is 5.10 Å². The zero-order valence-corrected chi connectivity index (χ0v) is 17.4. The van der Waals surface area contributed by atoms with Crippen LogP contribution in [-0.2, 0) is 4.74 Å². The van der Waals surface area contributed by atoms with E-state index >= 15 is 0 Å². The molecule has 0 saturated carbocycles. The van der Waals surface area contributed by atoms with E-state index in [2.05, 4.69) is 15.4 Å². The van der Waals surface area contributed by atoms with Crippen LogP contribution < -0.4 is 5.32 Å². The summed E-state index contributed by atoms with van der Waals surface area (Å²) in [5.41, 5.74) is 3.94. The highest BCUT2D eigenvalue weighted by molar-refractivity contribution is 7.12. The Balaban J connectivity index is 1.72. The number of aryl methyl sites for hydroxylation is 1. The number of rotatable bonds is 6. The van der Waals surface area contributed by atoms with Gasteiger partial charge in [0, 0.05) is 16.9 Å². The Morgan fingerprint density at radius 3 is 2.83 bits per heavy atom. The van der Waals surface area contributed by atoms with E-state index in [9.17, 15) is 9.59 Å². The van der Waals surface area contributed by atoms with Gasteiger partial charge in [0.1, 0.15) is 0 Å². The zero-order chi connectivity index (χ0) is 21.1. The molecule has 0 radical (unpaired) electrons. The monoisotopic (exact) mass is 420 g/mol. The molecular formula is C22H20N4O3S. The van der Waals surface area contributed by atoms with Crippen LogP contribution in [0.2, 0.25) is 0 Å². The Morgan fingerprint density at radius 2 is 2.07 bits per heavy atom. The molecule has 4 rings (SSSR count). The average Bonchev–Trinajstić information content (AvgIpc) is 3.41. The van der Waals surface area contributed by atoms with Crippen LogP contribution in [0.15, 0.2) is 54.0 Å². The lowest BCUT2D eigenvalue weighted by Crippen LogP contribution is -2.14. The Hall–Kier alpha value is -3.52. The number of ether oxygens (including phenoxy) is 1. The largest absolute Gasteiger partial charge is 0.449 e. The smallest absolute Gasteiger partial charge is 0.411 e. The molecule has 4 aromatic rings. The molecule has 0 saturated heterocycles. The van der Waals surface area contributed by atoms with E-state index in [0.717, 1.165) is 23.4 Å². The summed E-state index contributed by atoms with van der Waals surface area (Å²) < 4.78 is 6.74. The number of anilines is 1. The maximum atomic E-state index is 12.9. The van der Waals surface area contributed by atoms with E-state index in [0.29, 0.717) is 28.4 Å². The van der Waals surface area contributed by atoms with E-state index in [1.54, 1.807) is 22.8 Å². The standard InChI is InChI=1S/C22H20N4O3S/c1-3-9-29-22(28)25-16-7-4-6-15(12-16)18-11-14(2)24-21-17(13-23-26(18)21)20(27)19-8-5-10-30-19/h4-8,10-13H,3,9H2,1-2H3,(H,25,28). The number of thiophene rings is 1. The summed E-state index contributed by atoms with van der Waals surface area (Å²) in [5, 5.41) is 9.02. The average molecular weight is 420 g/mol. The molecule has 0 aliphatic heterocycles. The topological polar surface area (TPSA) is 85.6 Å². The first-order chi connectivity index (χ1) is 14.6. The van der Waals surface area contributed by atoms with Crippen molar-refractivity contribution in [3.63, 3.8) is 0 Å². The van der Waals surface area contributed by atoms with Crippen molar-refractivity contribution in [1.82, 2.24) is 14.6 Å². The van der Waals surface area contributed by atoms with Gasteiger partial charge >= 0.3 is 6.09 Å². The van der Waals surface area contributed by atoms with Crippen molar-refractivity contribution in [2.45, 2.75) is 20.3 Å². The van der Waals surface area contributed by atoms with Gasteiger partial charge < -0.3 is 4.74 Å². The first-order valence-corrected chi connectivity index (χ1v) is 10.4. The predicted octanol–water partition coefficient (Wildman–Crippen LogP) is 4.96. The van der Waals surface area contributed by atoms with Gasteiger partial charge in [0.25, 0.3) is 0 Å². The van der Waals surface area contributed by atoms with Gasteiger partial charge in [-0.1, -0.05) is 25.1 Å². The molecule has 1 amide bonds. The van der Waals surface area contributed by atoms with Gasteiger partial charge in [0.05, 0.1) is 28.9 Å². The van der Waals surface area contributed by atoms with Crippen molar-refractivity contribution in [3.05, 3.63) is 70.2 Å². The van der Waals surface area contributed by atoms with E-state index in [1.807, 2.05) is 49.6 Å². The molecule has 0 aliphatic rings. The quantitative estimate of drug-likeness (QED) is 0.446. The van der Waals surface area contributed by atoms with E-state index in [4.69, 9.17) is 4.74 Å². The summed E-state index contributed by atoms with van der Waals surface area (Å²) in [6.45, 7) is 4.18. The van der Waals surface area contributed by atoms with Gasteiger partial charge in [-0.25, -0.2) is 14.3 Å². The summed E-state index contributed by atoms with van der Waals surface area (Å²) in [6, 6.07) is 12.9. The van der Waals surface area contributed by atoms with Crippen molar-refractivity contribution in [2.24, 2.45) is 0 Å². The summed E-state index contributed by atoms with van der Waals surface area (Å²) in [5.74, 6) is -0.0989. The maximum Gasteiger partial charge on any atom is 0.411 e. The number of carbonyl (C=O) groups is 2. The van der Waals surface area contributed by atoms with Crippen LogP contribution in [0.3, 0.4) is 0 Å². The Kier molecular flexibility index (Phi) is 5.58. The SMILES string of the molecule is CCCOC(=O)Nc1cccc(-c2cc(C)nc3c(C(=O)c4cccs4)cnn23)c1. The minimum Gasteiger partial charge on any atom is -0.449 e. The lowest BCUT2D eigenvalue weighted by molar-refractivity contribution is 0.104. The van der Waals surface area contributed by atoms with E-state index in [1.165, 1.54) is 11.3 Å². The van der Waals surface area contributed by atoms with Crippen molar-refractivity contribution in [1.29, 1.82) is 0 Å². The highest BCUT2D eigenvalue weighted by Crippen LogP contribution is 2.26. The molecule has 0 bridgehead atoms. The van der Waals surface area contributed by atoms with Crippen LogP contribution in [0.4, 0.5) is 10.5 Å². The number of nitrogens with one attached hydrogen (secondary N) is 1. The number of aromatic nitrogens is 3. The van der Waals surface area contributed by atoms with Crippen LogP contribution in [-0.4, -0.2) is 33.1 Å². The molecule has 0 atom stereocenters. The molecule has 0 unspecified atom stereocenters. The highest BCUT2D eigenvalue weighted by Gasteiger charge is 2.19. The number of hydrogen-bond acceptors (Lipinski definition) is 6. The molecule has 1 N–H and O–H groups in total. The van der Waals surface area contributed by atoms with Crippen molar-refractivity contribution in [3.8, 4) is 11.3 Å². The lowest BCUT2D eigenvalue weighted by atomic mass is 10.1. The van der Waals surface area contributed by atoms with Crippen molar-refractivity contribution in [2.75, 3.05) is 11.9 Å². The molecule has 3 heterocycles. The fraction of sp³-hybridized carbons (Fsp3) is 0.182.